The fourth-order valence-corrected chi connectivity index (χ4v) is 4.61. The first-order chi connectivity index (χ1) is 17.5. The highest BCUT2D eigenvalue weighted by Gasteiger charge is 2.15. The third-order valence-electron chi connectivity index (χ3n) is 5.01. The van der Waals surface area contributed by atoms with Gasteiger partial charge in [0.05, 0.1) is 5.75 Å². The van der Waals surface area contributed by atoms with Crippen LogP contribution in [0.25, 0.3) is 6.08 Å². The van der Waals surface area contributed by atoms with E-state index in [1.54, 1.807) is 54.6 Å². The third-order valence-corrected chi connectivity index (χ3v) is 6.84. The smallest absolute Gasteiger partial charge is 0.272 e. The molecule has 1 aromatic heterocycles. The van der Waals surface area contributed by atoms with Gasteiger partial charge in [-0.15, -0.1) is 23.1 Å². The van der Waals surface area contributed by atoms with Crippen LogP contribution in [-0.2, 0) is 4.79 Å². The number of thioether (sulfide) groups is 1. The van der Waals surface area contributed by atoms with Crippen LogP contribution in [0.1, 0.15) is 25.6 Å². The molecule has 0 radical (unpaired) electrons. The zero-order valence-corrected chi connectivity index (χ0v) is 20.6. The van der Waals surface area contributed by atoms with E-state index in [0.29, 0.717) is 16.8 Å². The lowest BCUT2D eigenvalue weighted by Gasteiger charge is -2.11. The number of hydrogen-bond acceptors (Lipinski definition) is 5. The van der Waals surface area contributed by atoms with Crippen molar-refractivity contribution >= 4 is 52.5 Å². The minimum atomic E-state index is -0.459. The second kappa shape index (κ2) is 12.1. The van der Waals surface area contributed by atoms with Gasteiger partial charge in [-0.05, 0) is 78.2 Å². The summed E-state index contributed by atoms with van der Waals surface area (Å²) in [6, 6.07) is 24.9. The molecule has 4 aromatic rings. The quantitative estimate of drug-likeness (QED) is 0.156. The molecule has 1 heterocycles. The molecule has 0 unspecified atom stereocenters. The molecule has 180 valence electrons. The molecule has 0 bridgehead atoms. The molecule has 0 aliphatic heterocycles. The van der Waals surface area contributed by atoms with Crippen LogP contribution in [0.15, 0.2) is 107 Å². The Morgan fingerprint density at radius 3 is 2.22 bits per heavy atom. The van der Waals surface area contributed by atoms with Gasteiger partial charge in [0.15, 0.2) is 5.78 Å². The first kappa shape index (κ1) is 25.1. The van der Waals surface area contributed by atoms with Gasteiger partial charge in [0.2, 0.25) is 0 Å². The van der Waals surface area contributed by atoms with Crippen LogP contribution in [0.4, 0.5) is 10.1 Å². The zero-order chi connectivity index (χ0) is 25.3. The van der Waals surface area contributed by atoms with Crippen molar-refractivity contribution in [1.29, 1.82) is 0 Å². The molecule has 2 amide bonds. The minimum absolute atomic E-state index is 0.102. The van der Waals surface area contributed by atoms with Crippen molar-refractivity contribution in [3.05, 3.63) is 124 Å². The van der Waals surface area contributed by atoms with Crippen LogP contribution >= 0.6 is 23.1 Å². The molecule has 0 atom stereocenters. The summed E-state index contributed by atoms with van der Waals surface area (Å²) in [5.74, 6) is -1.12. The summed E-state index contributed by atoms with van der Waals surface area (Å²) in [4.78, 5) is 39.6. The Morgan fingerprint density at radius 1 is 0.833 bits per heavy atom. The average molecular weight is 517 g/mol. The highest BCUT2D eigenvalue weighted by molar-refractivity contribution is 8.00. The molecule has 3 aromatic carbocycles. The number of halogens is 1. The number of rotatable bonds is 9. The monoisotopic (exact) mass is 516 g/mol. The second-order valence-corrected chi connectivity index (χ2v) is 9.62. The Morgan fingerprint density at radius 2 is 1.56 bits per heavy atom. The van der Waals surface area contributed by atoms with E-state index in [2.05, 4.69) is 10.6 Å². The second-order valence-electron chi connectivity index (χ2n) is 7.59. The summed E-state index contributed by atoms with van der Waals surface area (Å²) in [6.07, 6.45) is 1.63. The van der Waals surface area contributed by atoms with E-state index in [4.69, 9.17) is 0 Å². The Kier molecular flexibility index (Phi) is 8.44. The summed E-state index contributed by atoms with van der Waals surface area (Å²) in [5, 5.41) is 7.40. The van der Waals surface area contributed by atoms with Crippen molar-refractivity contribution in [3.8, 4) is 0 Å². The molecule has 4 rings (SSSR count). The third kappa shape index (κ3) is 7.00. The van der Waals surface area contributed by atoms with Gasteiger partial charge < -0.3 is 10.6 Å². The van der Waals surface area contributed by atoms with Crippen LogP contribution in [0.3, 0.4) is 0 Å². The highest BCUT2D eigenvalue weighted by atomic mass is 32.2. The summed E-state index contributed by atoms with van der Waals surface area (Å²) >= 11 is 2.80. The van der Waals surface area contributed by atoms with Gasteiger partial charge in [-0.1, -0.05) is 24.3 Å². The number of hydrogen-bond donors (Lipinski definition) is 2. The van der Waals surface area contributed by atoms with Crippen molar-refractivity contribution in [2.24, 2.45) is 0 Å². The van der Waals surface area contributed by atoms with Gasteiger partial charge in [0.1, 0.15) is 11.5 Å². The summed E-state index contributed by atoms with van der Waals surface area (Å²) in [5.41, 5.74) is 1.56. The van der Waals surface area contributed by atoms with E-state index in [1.807, 2.05) is 23.6 Å². The van der Waals surface area contributed by atoms with Crippen molar-refractivity contribution in [3.63, 3.8) is 0 Å². The summed E-state index contributed by atoms with van der Waals surface area (Å²) in [7, 11) is 0. The number of Topliss-reactive ketones (excluding diaryl/α,β-unsaturated/α-hetero) is 1. The largest absolute Gasteiger partial charge is 0.321 e. The van der Waals surface area contributed by atoms with Gasteiger partial charge in [0, 0.05) is 26.6 Å². The lowest BCUT2D eigenvalue weighted by atomic mass is 10.1. The highest BCUT2D eigenvalue weighted by Crippen LogP contribution is 2.22. The van der Waals surface area contributed by atoms with E-state index in [1.165, 1.54) is 47.4 Å². The molecule has 36 heavy (non-hydrogen) atoms. The average Bonchev–Trinajstić information content (AvgIpc) is 3.42. The predicted molar refractivity (Wildman–Crippen MR) is 143 cm³/mol. The zero-order valence-electron chi connectivity index (χ0n) is 18.9. The Bertz CT molecular complexity index is 1370. The Balaban J connectivity index is 1.40. The first-order valence-electron chi connectivity index (χ1n) is 10.9. The maximum atomic E-state index is 13.0. The molecule has 2 N–H and O–H groups in total. The molecule has 0 saturated carbocycles. The fourth-order valence-electron chi connectivity index (χ4n) is 3.16. The number of nitrogens with one attached hydrogen (secondary N) is 2. The molecule has 5 nitrogen and oxygen atoms in total. The van der Waals surface area contributed by atoms with Gasteiger partial charge in [-0.2, -0.15) is 0 Å². The molecule has 8 heteroatoms. The minimum Gasteiger partial charge on any atom is -0.321 e. The number of carbonyl (C=O) groups excluding carboxylic acids is 3. The van der Waals surface area contributed by atoms with Crippen LogP contribution < -0.4 is 10.6 Å². The topological polar surface area (TPSA) is 75.3 Å². The molecule has 0 spiro atoms. The van der Waals surface area contributed by atoms with E-state index in [9.17, 15) is 18.8 Å². The lowest BCUT2D eigenvalue weighted by Crippen LogP contribution is -2.30. The van der Waals surface area contributed by atoms with E-state index >= 15 is 0 Å². The molecular formula is C28H21FN2O3S2. The van der Waals surface area contributed by atoms with Gasteiger partial charge in [-0.25, -0.2) is 4.39 Å². The molecular weight excluding hydrogens is 495 g/mol. The number of ketones is 1. The SMILES string of the molecule is O=C(Nc1ccc(SCC(=O)c2ccc(F)cc2)cc1)/C(=C/c1cccs1)NC(=O)c1ccccc1. The normalized spacial score (nSPS) is 11.1. The van der Waals surface area contributed by atoms with E-state index < -0.39 is 5.91 Å². The number of anilines is 1. The standard InChI is InChI=1S/C28H21FN2O3S2/c29-21-10-8-19(9-11-21)26(32)18-36-23-14-12-22(13-15-23)30-28(34)25(17-24-7-4-16-35-24)31-27(33)20-5-2-1-3-6-20/h1-17H,18H2,(H,30,34)(H,31,33)/b25-17-. The van der Waals surface area contributed by atoms with Gasteiger partial charge in [-0.3, -0.25) is 14.4 Å². The predicted octanol–water partition coefficient (Wildman–Crippen LogP) is 6.27. The Hall–Kier alpha value is -4.01. The maximum Gasteiger partial charge on any atom is 0.272 e. The number of carbonyl (C=O) groups is 3. The molecule has 0 saturated heterocycles. The van der Waals surface area contributed by atoms with Crippen molar-refractivity contribution in [1.82, 2.24) is 5.32 Å². The van der Waals surface area contributed by atoms with Crippen LogP contribution in [0.5, 0.6) is 0 Å². The fraction of sp³-hybridized carbons (Fsp3) is 0.0357. The van der Waals surface area contributed by atoms with Crippen molar-refractivity contribution < 1.29 is 18.8 Å². The summed E-state index contributed by atoms with van der Waals surface area (Å²) in [6.45, 7) is 0. The van der Waals surface area contributed by atoms with Crippen LogP contribution in [0, 0.1) is 5.82 Å². The van der Waals surface area contributed by atoms with Gasteiger partial charge in [0.25, 0.3) is 11.8 Å². The summed E-state index contributed by atoms with van der Waals surface area (Å²) < 4.78 is 13.0. The van der Waals surface area contributed by atoms with E-state index in [-0.39, 0.29) is 29.0 Å². The van der Waals surface area contributed by atoms with Crippen molar-refractivity contribution in [2.75, 3.05) is 11.1 Å². The van der Waals surface area contributed by atoms with E-state index in [0.717, 1.165) is 9.77 Å². The number of amides is 2. The number of benzene rings is 3. The van der Waals surface area contributed by atoms with Gasteiger partial charge >= 0.3 is 0 Å². The first-order valence-corrected chi connectivity index (χ1v) is 12.8. The number of thiophene rings is 1. The molecule has 0 aliphatic carbocycles. The molecule has 0 fully saturated rings. The van der Waals surface area contributed by atoms with Crippen molar-refractivity contribution in [2.45, 2.75) is 4.90 Å². The van der Waals surface area contributed by atoms with Crippen LogP contribution in [0.2, 0.25) is 0 Å². The van der Waals surface area contributed by atoms with Crippen LogP contribution in [-0.4, -0.2) is 23.4 Å². The maximum absolute atomic E-state index is 13.0. The molecule has 0 aliphatic rings. The Labute approximate surface area is 216 Å². The lowest BCUT2D eigenvalue weighted by molar-refractivity contribution is -0.113.